The molecule has 0 atom stereocenters. The SMILES string of the molecule is CC(C)NC(=O)Cn1ccc2c([N+](=O)[O-])cccc21. The second kappa shape index (κ2) is 5.09. The number of hydrogen-bond acceptors (Lipinski definition) is 3. The van der Waals surface area contributed by atoms with Crippen molar-refractivity contribution in [1.29, 1.82) is 0 Å². The number of hydrogen-bond donors (Lipinski definition) is 1. The summed E-state index contributed by atoms with van der Waals surface area (Å²) in [6.45, 7) is 3.93. The largest absolute Gasteiger partial charge is 0.352 e. The molecule has 1 aromatic heterocycles. The highest BCUT2D eigenvalue weighted by molar-refractivity contribution is 5.90. The summed E-state index contributed by atoms with van der Waals surface area (Å²) >= 11 is 0. The Bertz CT molecular complexity index is 631. The number of non-ortho nitro benzene ring substituents is 1. The molecule has 0 radical (unpaired) electrons. The van der Waals surface area contributed by atoms with Gasteiger partial charge in [-0.1, -0.05) is 6.07 Å². The maximum Gasteiger partial charge on any atom is 0.278 e. The van der Waals surface area contributed by atoms with Crippen molar-refractivity contribution in [3.8, 4) is 0 Å². The molecule has 0 spiro atoms. The Morgan fingerprint density at radius 1 is 1.42 bits per heavy atom. The molecule has 2 aromatic rings. The van der Waals surface area contributed by atoms with Crippen LogP contribution in [0.2, 0.25) is 0 Å². The second-order valence-corrected chi connectivity index (χ2v) is 4.63. The molecule has 2 rings (SSSR count). The molecule has 0 aliphatic carbocycles. The van der Waals surface area contributed by atoms with Crippen LogP contribution in [0.3, 0.4) is 0 Å². The first-order chi connectivity index (χ1) is 8.99. The summed E-state index contributed by atoms with van der Waals surface area (Å²) in [5.74, 6) is -0.112. The number of rotatable bonds is 4. The van der Waals surface area contributed by atoms with Gasteiger partial charge in [-0.3, -0.25) is 14.9 Å². The van der Waals surface area contributed by atoms with Crippen LogP contribution in [0.5, 0.6) is 0 Å². The number of carbonyl (C=O) groups excluding carboxylic acids is 1. The molecule has 1 amide bonds. The first-order valence-electron chi connectivity index (χ1n) is 6.00. The average Bonchev–Trinajstić information content (AvgIpc) is 2.71. The van der Waals surface area contributed by atoms with Gasteiger partial charge in [-0.05, 0) is 26.0 Å². The van der Waals surface area contributed by atoms with Crippen molar-refractivity contribution in [2.75, 3.05) is 0 Å². The van der Waals surface area contributed by atoms with Crippen LogP contribution in [-0.2, 0) is 11.3 Å². The minimum absolute atomic E-state index is 0.0560. The predicted octanol–water partition coefficient (Wildman–Crippen LogP) is 2.07. The Kier molecular flexibility index (Phi) is 3.50. The molecule has 0 aliphatic rings. The minimum atomic E-state index is -0.416. The molecule has 19 heavy (non-hydrogen) atoms. The molecule has 0 bridgehead atoms. The lowest BCUT2D eigenvalue weighted by Gasteiger charge is -2.09. The summed E-state index contributed by atoms with van der Waals surface area (Å²) in [6.07, 6.45) is 1.69. The summed E-state index contributed by atoms with van der Waals surface area (Å²) < 4.78 is 1.71. The van der Waals surface area contributed by atoms with Crippen LogP contribution in [0.1, 0.15) is 13.8 Å². The van der Waals surface area contributed by atoms with Crippen LogP contribution in [0.4, 0.5) is 5.69 Å². The third kappa shape index (κ3) is 2.73. The first kappa shape index (κ1) is 13.1. The number of nitro benzene ring substituents is 1. The second-order valence-electron chi connectivity index (χ2n) is 4.63. The van der Waals surface area contributed by atoms with E-state index in [-0.39, 0.29) is 24.2 Å². The summed E-state index contributed by atoms with van der Waals surface area (Å²) in [7, 11) is 0. The Balaban J connectivity index is 2.33. The van der Waals surface area contributed by atoms with E-state index >= 15 is 0 Å². The molecule has 1 N–H and O–H groups in total. The Morgan fingerprint density at radius 3 is 2.79 bits per heavy atom. The fourth-order valence-electron chi connectivity index (χ4n) is 2.03. The van der Waals surface area contributed by atoms with Crippen molar-refractivity contribution >= 4 is 22.5 Å². The summed E-state index contributed by atoms with van der Waals surface area (Å²) in [6, 6.07) is 6.59. The van der Waals surface area contributed by atoms with Gasteiger partial charge in [-0.15, -0.1) is 0 Å². The molecule has 6 nitrogen and oxygen atoms in total. The van der Waals surface area contributed by atoms with Crippen molar-refractivity contribution < 1.29 is 9.72 Å². The number of aromatic nitrogens is 1. The van der Waals surface area contributed by atoms with Crippen molar-refractivity contribution in [1.82, 2.24) is 9.88 Å². The van der Waals surface area contributed by atoms with Crippen molar-refractivity contribution in [3.63, 3.8) is 0 Å². The Morgan fingerprint density at radius 2 is 2.16 bits per heavy atom. The lowest BCUT2D eigenvalue weighted by molar-refractivity contribution is -0.383. The fourth-order valence-corrected chi connectivity index (χ4v) is 2.03. The van der Waals surface area contributed by atoms with Crippen molar-refractivity contribution in [2.24, 2.45) is 0 Å². The number of nitrogens with zero attached hydrogens (tertiary/aromatic N) is 2. The van der Waals surface area contributed by atoms with Gasteiger partial charge in [0.05, 0.1) is 15.8 Å². The molecule has 0 unspecified atom stereocenters. The highest BCUT2D eigenvalue weighted by Crippen LogP contribution is 2.26. The molecular weight excluding hydrogens is 246 g/mol. The van der Waals surface area contributed by atoms with E-state index in [4.69, 9.17) is 0 Å². The molecule has 0 saturated carbocycles. The zero-order chi connectivity index (χ0) is 14.0. The summed E-state index contributed by atoms with van der Waals surface area (Å²) in [4.78, 5) is 22.2. The highest BCUT2D eigenvalue weighted by Gasteiger charge is 2.14. The Labute approximate surface area is 110 Å². The lowest BCUT2D eigenvalue weighted by atomic mass is 10.2. The quantitative estimate of drug-likeness (QED) is 0.676. The van der Waals surface area contributed by atoms with Gasteiger partial charge in [0.15, 0.2) is 0 Å². The van der Waals surface area contributed by atoms with E-state index < -0.39 is 4.92 Å². The highest BCUT2D eigenvalue weighted by atomic mass is 16.6. The van der Waals surface area contributed by atoms with Gasteiger partial charge >= 0.3 is 0 Å². The molecule has 0 saturated heterocycles. The van der Waals surface area contributed by atoms with Gasteiger partial charge in [0.2, 0.25) is 5.91 Å². The minimum Gasteiger partial charge on any atom is -0.352 e. The maximum atomic E-state index is 11.7. The summed E-state index contributed by atoms with van der Waals surface area (Å²) in [5, 5.41) is 14.2. The van der Waals surface area contributed by atoms with Gasteiger partial charge in [-0.25, -0.2) is 0 Å². The molecule has 0 aliphatic heterocycles. The third-order valence-corrected chi connectivity index (χ3v) is 2.75. The van der Waals surface area contributed by atoms with Crippen LogP contribution in [0.15, 0.2) is 30.5 Å². The average molecular weight is 261 g/mol. The number of nitro groups is 1. The Hall–Kier alpha value is -2.37. The van der Waals surface area contributed by atoms with E-state index in [9.17, 15) is 14.9 Å². The van der Waals surface area contributed by atoms with Gasteiger partial charge in [-0.2, -0.15) is 0 Å². The van der Waals surface area contributed by atoms with E-state index in [2.05, 4.69) is 5.32 Å². The first-order valence-corrected chi connectivity index (χ1v) is 6.00. The topological polar surface area (TPSA) is 77.2 Å². The molecule has 100 valence electrons. The molecule has 1 aromatic carbocycles. The van der Waals surface area contributed by atoms with Crippen LogP contribution >= 0.6 is 0 Å². The van der Waals surface area contributed by atoms with E-state index in [1.54, 1.807) is 29.0 Å². The number of fused-ring (bicyclic) bond motifs is 1. The number of benzene rings is 1. The number of amides is 1. The van der Waals surface area contributed by atoms with Gasteiger partial charge in [0.1, 0.15) is 6.54 Å². The molecule has 6 heteroatoms. The van der Waals surface area contributed by atoms with E-state index in [0.717, 1.165) is 0 Å². The van der Waals surface area contributed by atoms with Crippen molar-refractivity contribution in [2.45, 2.75) is 26.4 Å². The van der Waals surface area contributed by atoms with E-state index in [1.807, 2.05) is 13.8 Å². The predicted molar refractivity (Wildman–Crippen MR) is 71.9 cm³/mol. The van der Waals surface area contributed by atoms with Crippen LogP contribution in [0, 0.1) is 10.1 Å². The van der Waals surface area contributed by atoms with Gasteiger partial charge in [0, 0.05) is 18.3 Å². The number of carbonyl (C=O) groups is 1. The zero-order valence-electron chi connectivity index (χ0n) is 10.8. The monoisotopic (exact) mass is 261 g/mol. The van der Waals surface area contributed by atoms with Gasteiger partial charge in [0.25, 0.3) is 5.69 Å². The molecule has 0 fully saturated rings. The standard InChI is InChI=1S/C13H15N3O3/c1-9(2)14-13(17)8-15-7-6-10-11(15)4-3-5-12(10)16(18)19/h3-7,9H,8H2,1-2H3,(H,14,17). The number of nitrogens with one attached hydrogen (secondary N) is 1. The lowest BCUT2D eigenvalue weighted by Crippen LogP contribution is -2.32. The van der Waals surface area contributed by atoms with E-state index in [0.29, 0.717) is 10.9 Å². The third-order valence-electron chi connectivity index (χ3n) is 2.75. The van der Waals surface area contributed by atoms with Gasteiger partial charge < -0.3 is 9.88 Å². The molecule has 1 heterocycles. The van der Waals surface area contributed by atoms with E-state index in [1.165, 1.54) is 6.07 Å². The van der Waals surface area contributed by atoms with Crippen LogP contribution in [0.25, 0.3) is 10.9 Å². The van der Waals surface area contributed by atoms with Crippen LogP contribution in [-0.4, -0.2) is 21.4 Å². The molecular formula is C13H15N3O3. The smallest absolute Gasteiger partial charge is 0.278 e. The van der Waals surface area contributed by atoms with Crippen molar-refractivity contribution in [3.05, 3.63) is 40.6 Å². The maximum absolute atomic E-state index is 11.7. The zero-order valence-corrected chi connectivity index (χ0v) is 10.8. The summed E-state index contributed by atoms with van der Waals surface area (Å²) in [5.41, 5.74) is 0.744. The van der Waals surface area contributed by atoms with Crippen LogP contribution < -0.4 is 5.32 Å². The normalized spacial score (nSPS) is 10.9. The fraction of sp³-hybridized carbons (Fsp3) is 0.308.